The lowest BCUT2D eigenvalue weighted by Gasteiger charge is -1.98. The Morgan fingerprint density at radius 2 is 1.70 bits per heavy atom. The number of hydrogen-bond acceptors (Lipinski definition) is 8. The highest BCUT2D eigenvalue weighted by Gasteiger charge is 2.13. The summed E-state index contributed by atoms with van der Waals surface area (Å²) in [5.41, 5.74) is 1.80. The Labute approximate surface area is 163 Å². The lowest BCUT2D eigenvalue weighted by Crippen LogP contribution is -2.14. The summed E-state index contributed by atoms with van der Waals surface area (Å²) in [6, 6.07) is 19.2. The van der Waals surface area contributed by atoms with Crippen molar-refractivity contribution in [3.05, 3.63) is 60.7 Å². The summed E-state index contributed by atoms with van der Waals surface area (Å²) in [6.07, 6.45) is 0. The SMILES string of the molecule is O=C(CSc1nnc(-c2ccccc2)o1)Nc1nsc(-c2ccccc2)n1. The first-order chi connectivity index (χ1) is 13.3. The zero-order valence-corrected chi connectivity index (χ0v) is 15.5. The van der Waals surface area contributed by atoms with Crippen molar-refractivity contribution in [1.82, 2.24) is 19.6 Å². The molecule has 1 N–H and O–H groups in total. The van der Waals surface area contributed by atoms with Gasteiger partial charge in [0.05, 0.1) is 5.75 Å². The van der Waals surface area contributed by atoms with E-state index in [1.54, 1.807) is 0 Å². The molecule has 0 aliphatic carbocycles. The summed E-state index contributed by atoms with van der Waals surface area (Å²) in [7, 11) is 0. The van der Waals surface area contributed by atoms with E-state index in [9.17, 15) is 4.79 Å². The summed E-state index contributed by atoms with van der Waals surface area (Å²) in [5.74, 6) is 0.597. The second-order valence-electron chi connectivity index (χ2n) is 5.37. The maximum Gasteiger partial charge on any atom is 0.277 e. The van der Waals surface area contributed by atoms with Crippen LogP contribution >= 0.6 is 23.3 Å². The number of nitrogens with one attached hydrogen (secondary N) is 1. The molecule has 0 aliphatic rings. The van der Waals surface area contributed by atoms with Gasteiger partial charge >= 0.3 is 0 Å². The van der Waals surface area contributed by atoms with Gasteiger partial charge in [-0.1, -0.05) is 60.3 Å². The summed E-state index contributed by atoms with van der Waals surface area (Å²) in [5, 5.41) is 11.7. The van der Waals surface area contributed by atoms with Crippen molar-refractivity contribution in [2.24, 2.45) is 0 Å². The van der Waals surface area contributed by atoms with Gasteiger partial charge in [-0.15, -0.1) is 10.2 Å². The molecule has 0 bridgehead atoms. The second kappa shape index (κ2) is 8.11. The monoisotopic (exact) mass is 395 g/mol. The van der Waals surface area contributed by atoms with Crippen LogP contribution < -0.4 is 5.32 Å². The molecule has 0 radical (unpaired) electrons. The van der Waals surface area contributed by atoms with E-state index >= 15 is 0 Å². The third-order valence-corrected chi connectivity index (χ3v) is 5.03. The van der Waals surface area contributed by atoms with Crippen LogP contribution in [0.4, 0.5) is 5.95 Å². The Morgan fingerprint density at radius 3 is 2.44 bits per heavy atom. The third-order valence-electron chi connectivity index (χ3n) is 3.45. The fourth-order valence-corrected chi connectivity index (χ4v) is 3.42. The zero-order valence-electron chi connectivity index (χ0n) is 13.9. The highest BCUT2D eigenvalue weighted by molar-refractivity contribution is 7.99. The fourth-order valence-electron chi connectivity index (χ4n) is 2.23. The molecule has 1 amide bonds. The number of benzene rings is 2. The molecule has 0 aliphatic heterocycles. The molecule has 4 aromatic rings. The number of carbonyl (C=O) groups is 1. The van der Waals surface area contributed by atoms with Crippen molar-refractivity contribution in [2.45, 2.75) is 5.22 Å². The van der Waals surface area contributed by atoms with E-state index in [1.807, 2.05) is 60.7 Å². The predicted octanol–water partition coefficient (Wildman–Crippen LogP) is 3.99. The molecule has 0 saturated heterocycles. The minimum Gasteiger partial charge on any atom is -0.411 e. The molecule has 2 aromatic carbocycles. The highest BCUT2D eigenvalue weighted by Crippen LogP contribution is 2.24. The Hall–Kier alpha value is -3.04. The van der Waals surface area contributed by atoms with Gasteiger partial charge in [-0.2, -0.15) is 9.36 Å². The van der Waals surface area contributed by atoms with Crippen LogP contribution in [0.25, 0.3) is 22.0 Å². The van der Waals surface area contributed by atoms with Gasteiger partial charge in [-0.3, -0.25) is 10.1 Å². The average molecular weight is 395 g/mol. The van der Waals surface area contributed by atoms with Crippen molar-refractivity contribution in [3.8, 4) is 22.0 Å². The Balaban J connectivity index is 1.33. The van der Waals surface area contributed by atoms with Crippen LogP contribution in [0.1, 0.15) is 0 Å². The van der Waals surface area contributed by atoms with Crippen LogP contribution in [-0.4, -0.2) is 31.2 Å². The summed E-state index contributed by atoms with van der Waals surface area (Å²) in [4.78, 5) is 16.4. The first-order valence-electron chi connectivity index (χ1n) is 7.98. The van der Waals surface area contributed by atoms with Gasteiger partial charge in [-0.05, 0) is 23.7 Å². The van der Waals surface area contributed by atoms with Crippen LogP contribution in [0.3, 0.4) is 0 Å². The molecule has 4 rings (SSSR count). The van der Waals surface area contributed by atoms with Gasteiger partial charge in [0.15, 0.2) is 0 Å². The Kier molecular flexibility index (Phi) is 5.22. The quantitative estimate of drug-likeness (QED) is 0.493. The van der Waals surface area contributed by atoms with Gasteiger partial charge in [0.1, 0.15) is 5.01 Å². The van der Waals surface area contributed by atoms with Crippen LogP contribution in [0.15, 0.2) is 70.3 Å². The number of thioether (sulfide) groups is 1. The second-order valence-corrected chi connectivity index (χ2v) is 7.04. The van der Waals surface area contributed by atoms with Crippen molar-refractivity contribution in [2.75, 3.05) is 11.1 Å². The number of carbonyl (C=O) groups excluding carboxylic acids is 1. The van der Waals surface area contributed by atoms with Crippen molar-refractivity contribution < 1.29 is 9.21 Å². The summed E-state index contributed by atoms with van der Waals surface area (Å²) >= 11 is 2.40. The third kappa shape index (κ3) is 4.39. The van der Waals surface area contributed by atoms with Crippen LogP contribution in [0, 0.1) is 0 Å². The normalized spacial score (nSPS) is 10.7. The first-order valence-corrected chi connectivity index (χ1v) is 9.74. The van der Waals surface area contributed by atoms with E-state index in [0.717, 1.165) is 27.9 Å². The topological polar surface area (TPSA) is 93.8 Å². The van der Waals surface area contributed by atoms with Gasteiger partial charge in [0.2, 0.25) is 17.7 Å². The number of hydrogen-bond donors (Lipinski definition) is 1. The number of amides is 1. The van der Waals surface area contributed by atoms with Crippen LogP contribution in [0.5, 0.6) is 0 Å². The first kappa shape index (κ1) is 17.4. The number of nitrogens with zero attached hydrogens (tertiary/aromatic N) is 4. The maximum atomic E-state index is 12.1. The van der Waals surface area contributed by atoms with E-state index in [1.165, 1.54) is 11.5 Å². The lowest BCUT2D eigenvalue weighted by atomic mass is 10.2. The molecular weight excluding hydrogens is 382 g/mol. The van der Waals surface area contributed by atoms with Gasteiger partial charge in [-0.25, -0.2) is 0 Å². The average Bonchev–Trinajstić information content (AvgIpc) is 3.37. The predicted molar refractivity (Wildman–Crippen MR) is 104 cm³/mol. The van der Waals surface area contributed by atoms with E-state index in [2.05, 4.69) is 24.9 Å². The van der Waals surface area contributed by atoms with E-state index < -0.39 is 0 Å². The minimum atomic E-state index is -0.239. The van der Waals surface area contributed by atoms with Crippen LogP contribution in [0.2, 0.25) is 0 Å². The summed E-state index contributed by atoms with van der Waals surface area (Å²) in [6.45, 7) is 0. The molecule has 0 atom stereocenters. The highest BCUT2D eigenvalue weighted by atomic mass is 32.2. The molecule has 0 unspecified atom stereocenters. The standard InChI is InChI=1S/C18H13N5O2S2/c24-14(19-17-20-16(27-23-17)13-9-5-2-6-10-13)11-26-18-22-21-15(25-18)12-7-3-1-4-8-12/h1-10H,11H2,(H,19,23,24). The molecule has 7 nitrogen and oxygen atoms in total. The van der Waals surface area contributed by atoms with E-state index in [0.29, 0.717) is 17.1 Å². The zero-order chi connectivity index (χ0) is 18.5. The van der Waals surface area contributed by atoms with Gasteiger partial charge < -0.3 is 4.42 Å². The number of aromatic nitrogens is 4. The maximum absolute atomic E-state index is 12.1. The number of anilines is 1. The summed E-state index contributed by atoms with van der Waals surface area (Å²) < 4.78 is 9.73. The molecule has 2 aromatic heterocycles. The van der Waals surface area contributed by atoms with Crippen molar-refractivity contribution >= 4 is 35.1 Å². The minimum absolute atomic E-state index is 0.121. The molecule has 134 valence electrons. The Bertz CT molecular complexity index is 1030. The molecule has 27 heavy (non-hydrogen) atoms. The van der Waals surface area contributed by atoms with Crippen molar-refractivity contribution in [1.29, 1.82) is 0 Å². The largest absolute Gasteiger partial charge is 0.411 e. The molecule has 0 spiro atoms. The van der Waals surface area contributed by atoms with E-state index in [4.69, 9.17) is 4.42 Å². The van der Waals surface area contributed by atoms with Gasteiger partial charge in [0, 0.05) is 11.1 Å². The molecular formula is C18H13N5O2S2. The van der Waals surface area contributed by atoms with Gasteiger partial charge in [0.25, 0.3) is 5.22 Å². The van der Waals surface area contributed by atoms with E-state index in [-0.39, 0.29) is 11.7 Å². The molecule has 0 saturated carbocycles. The molecule has 2 heterocycles. The Morgan fingerprint density at radius 1 is 1.00 bits per heavy atom. The number of rotatable bonds is 6. The molecule has 0 fully saturated rings. The van der Waals surface area contributed by atoms with Crippen molar-refractivity contribution in [3.63, 3.8) is 0 Å². The molecule has 9 heteroatoms. The fraction of sp³-hybridized carbons (Fsp3) is 0.0556. The smallest absolute Gasteiger partial charge is 0.277 e. The van der Waals surface area contributed by atoms with Crippen LogP contribution in [-0.2, 0) is 4.79 Å². The lowest BCUT2D eigenvalue weighted by molar-refractivity contribution is -0.113.